The van der Waals surface area contributed by atoms with E-state index in [1.807, 2.05) is 90.3 Å². The number of nitrogens with one attached hydrogen (secondary N) is 1. The van der Waals surface area contributed by atoms with Crippen LogP contribution in [0.15, 0.2) is 129 Å². The van der Waals surface area contributed by atoms with Crippen molar-refractivity contribution in [1.82, 2.24) is 0 Å². The Morgan fingerprint density at radius 1 is 0.758 bits per heavy atom. The predicted octanol–water partition coefficient (Wildman–Crippen LogP) is 7.62. The van der Waals surface area contributed by atoms with Gasteiger partial charge >= 0.3 is 0 Å². The lowest BCUT2D eigenvalue weighted by atomic mass is 10.1. The van der Waals surface area contributed by atoms with Crippen LogP contribution in [0.3, 0.4) is 0 Å². The van der Waals surface area contributed by atoms with E-state index in [1.165, 1.54) is 4.90 Å². The first-order valence-corrected chi connectivity index (χ1v) is 12.1. The van der Waals surface area contributed by atoms with E-state index in [2.05, 4.69) is 29.6 Å². The molecule has 0 aliphatic rings. The molecule has 0 unspecified atom stereocenters. The molecule has 0 heterocycles. The van der Waals surface area contributed by atoms with Crippen molar-refractivity contribution < 1.29 is 9.53 Å². The van der Waals surface area contributed by atoms with E-state index in [0.29, 0.717) is 11.3 Å². The van der Waals surface area contributed by atoms with Crippen LogP contribution in [0.2, 0.25) is 0 Å². The van der Waals surface area contributed by atoms with Crippen LogP contribution < -0.4 is 10.1 Å². The second-order valence-corrected chi connectivity index (χ2v) is 9.09. The van der Waals surface area contributed by atoms with Crippen LogP contribution in [-0.4, -0.2) is 13.0 Å². The number of anilines is 1. The first-order valence-electron chi connectivity index (χ1n) is 10.4. The topological polar surface area (TPSA) is 38.3 Å². The maximum Gasteiger partial charge on any atom is 0.256 e. The normalized spacial score (nSPS) is 11.1. The molecule has 0 aliphatic carbocycles. The molecule has 0 radical (unpaired) electrons. The second-order valence-electron chi connectivity index (χ2n) is 7.06. The van der Waals surface area contributed by atoms with Gasteiger partial charge in [0.15, 0.2) is 0 Å². The van der Waals surface area contributed by atoms with Crippen LogP contribution >= 0.6 is 23.5 Å². The van der Waals surface area contributed by atoms with Crippen molar-refractivity contribution in [2.24, 2.45) is 0 Å². The van der Waals surface area contributed by atoms with Crippen LogP contribution in [0.1, 0.15) is 5.56 Å². The molecule has 4 aromatic carbocycles. The molecule has 0 spiro atoms. The third-order valence-corrected chi connectivity index (χ3v) is 6.98. The van der Waals surface area contributed by atoms with Gasteiger partial charge in [-0.3, -0.25) is 4.79 Å². The first kappa shape index (κ1) is 22.8. The van der Waals surface area contributed by atoms with Crippen LogP contribution in [0.4, 0.5) is 5.69 Å². The SMILES string of the molecule is COc1ccc(NC(=O)/C(=C/Sc2ccccc2Sc2ccccc2)c2ccccc2)cc1. The molecule has 4 rings (SSSR count). The van der Waals surface area contributed by atoms with Crippen molar-refractivity contribution in [1.29, 1.82) is 0 Å². The Morgan fingerprint density at radius 3 is 2.03 bits per heavy atom. The number of carbonyl (C=O) groups excluding carboxylic acids is 1. The van der Waals surface area contributed by atoms with E-state index in [0.717, 1.165) is 21.1 Å². The fraction of sp³-hybridized carbons (Fsp3) is 0.0357. The molecular formula is C28H23NO2S2. The standard InChI is InChI=1S/C28H23NO2S2/c1-31-23-18-16-22(17-19-23)29-28(30)25(21-10-4-2-5-11-21)20-32-26-14-8-9-15-27(26)33-24-12-6-3-7-13-24/h2-20H,1H3,(H,29,30)/b25-20+. The summed E-state index contributed by atoms with van der Waals surface area (Å²) < 4.78 is 5.20. The minimum Gasteiger partial charge on any atom is -0.497 e. The summed E-state index contributed by atoms with van der Waals surface area (Å²) in [4.78, 5) is 16.7. The lowest BCUT2D eigenvalue weighted by Crippen LogP contribution is -2.13. The minimum atomic E-state index is -0.160. The molecule has 3 nitrogen and oxygen atoms in total. The molecular weight excluding hydrogens is 446 g/mol. The van der Waals surface area contributed by atoms with Crippen LogP contribution in [0.25, 0.3) is 5.57 Å². The van der Waals surface area contributed by atoms with Gasteiger partial charge in [-0.2, -0.15) is 0 Å². The van der Waals surface area contributed by atoms with Gasteiger partial charge in [-0.15, -0.1) is 0 Å². The van der Waals surface area contributed by atoms with E-state index in [9.17, 15) is 4.79 Å². The summed E-state index contributed by atoms with van der Waals surface area (Å²) in [7, 11) is 1.62. The number of benzene rings is 4. The smallest absolute Gasteiger partial charge is 0.256 e. The van der Waals surface area contributed by atoms with Gasteiger partial charge in [0.2, 0.25) is 0 Å². The maximum atomic E-state index is 13.2. The molecule has 4 aromatic rings. The molecule has 164 valence electrons. The van der Waals surface area contributed by atoms with Gasteiger partial charge in [-0.25, -0.2) is 0 Å². The average Bonchev–Trinajstić information content (AvgIpc) is 2.87. The number of ether oxygens (including phenoxy) is 1. The van der Waals surface area contributed by atoms with Gasteiger partial charge in [-0.1, -0.05) is 84.2 Å². The monoisotopic (exact) mass is 469 g/mol. The van der Waals surface area contributed by atoms with Crippen molar-refractivity contribution in [3.63, 3.8) is 0 Å². The number of thioether (sulfide) groups is 1. The molecule has 0 aliphatic heterocycles. The number of amides is 1. The number of rotatable bonds is 8. The summed E-state index contributed by atoms with van der Waals surface area (Å²) in [6.07, 6.45) is 0. The average molecular weight is 470 g/mol. The molecule has 0 bridgehead atoms. The Balaban J connectivity index is 1.59. The van der Waals surface area contributed by atoms with E-state index in [-0.39, 0.29) is 5.91 Å². The summed E-state index contributed by atoms with van der Waals surface area (Å²) in [6, 6.07) is 35.6. The summed E-state index contributed by atoms with van der Waals surface area (Å²) in [5, 5.41) is 4.93. The molecule has 0 atom stereocenters. The van der Waals surface area contributed by atoms with E-state index >= 15 is 0 Å². The third kappa shape index (κ3) is 6.31. The summed E-state index contributed by atoms with van der Waals surface area (Å²) in [5.74, 6) is 0.585. The van der Waals surface area contributed by atoms with Gasteiger partial charge in [0.05, 0.1) is 12.7 Å². The van der Waals surface area contributed by atoms with Gasteiger partial charge in [0, 0.05) is 20.4 Å². The van der Waals surface area contributed by atoms with Gasteiger partial charge < -0.3 is 10.1 Å². The molecule has 5 heteroatoms. The van der Waals surface area contributed by atoms with E-state index in [4.69, 9.17) is 4.74 Å². The van der Waals surface area contributed by atoms with Gasteiger partial charge in [0.1, 0.15) is 5.75 Å². The Hall–Kier alpha value is -3.41. The van der Waals surface area contributed by atoms with Crippen molar-refractivity contribution in [3.8, 4) is 5.75 Å². The fourth-order valence-corrected chi connectivity index (χ4v) is 5.07. The molecule has 0 aromatic heterocycles. The third-order valence-electron chi connectivity index (χ3n) is 4.80. The van der Waals surface area contributed by atoms with Gasteiger partial charge in [-0.05, 0) is 59.5 Å². The highest BCUT2D eigenvalue weighted by Gasteiger charge is 2.13. The minimum absolute atomic E-state index is 0.160. The van der Waals surface area contributed by atoms with Crippen LogP contribution in [0, 0.1) is 0 Å². The number of hydrogen-bond acceptors (Lipinski definition) is 4. The Labute approximate surface area is 202 Å². The zero-order chi connectivity index (χ0) is 22.9. The number of hydrogen-bond donors (Lipinski definition) is 1. The summed E-state index contributed by atoms with van der Waals surface area (Å²) in [6.45, 7) is 0. The molecule has 1 amide bonds. The Morgan fingerprint density at radius 2 is 1.36 bits per heavy atom. The summed E-state index contributed by atoms with van der Waals surface area (Å²) >= 11 is 3.26. The highest BCUT2D eigenvalue weighted by molar-refractivity contribution is 8.04. The second kappa shape index (κ2) is 11.5. The lowest BCUT2D eigenvalue weighted by molar-refractivity contribution is -0.111. The van der Waals surface area contributed by atoms with Gasteiger partial charge in [0.25, 0.3) is 5.91 Å². The van der Waals surface area contributed by atoms with Crippen molar-refractivity contribution >= 4 is 40.7 Å². The number of carbonyl (C=O) groups is 1. The molecule has 33 heavy (non-hydrogen) atoms. The largest absolute Gasteiger partial charge is 0.497 e. The van der Waals surface area contributed by atoms with Crippen LogP contribution in [0.5, 0.6) is 5.75 Å². The lowest BCUT2D eigenvalue weighted by Gasteiger charge is -2.11. The highest BCUT2D eigenvalue weighted by Crippen LogP contribution is 2.37. The number of methoxy groups -OCH3 is 1. The quantitative estimate of drug-likeness (QED) is 0.213. The molecule has 0 saturated carbocycles. The van der Waals surface area contributed by atoms with E-state index < -0.39 is 0 Å². The van der Waals surface area contributed by atoms with Crippen molar-refractivity contribution in [3.05, 3.63) is 120 Å². The molecule has 0 fully saturated rings. The maximum absolute atomic E-state index is 13.2. The fourth-order valence-electron chi connectivity index (χ4n) is 3.11. The molecule has 1 N–H and O–H groups in total. The highest BCUT2D eigenvalue weighted by atomic mass is 32.2. The zero-order valence-electron chi connectivity index (χ0n) is 18.1. The van der Waals surface area contributed by atoms with Crippen molar-refractivity contribution in [2.45, 2.75) is 14.7 Å². The predicted molar refractivity (Wildman–Crippen MR) is 139 cm³/mol. The van der Waals surface area contributed by atoms with Crippen molar-refractivity contribution in [2.75, 3.05) is 12.4 Å². The molecule has 0 saturated heterocycles. The zero-order valence-corrected chi connectivity index (χ0v) is 19.7. The Kier molecular flexibility index (Phi) is 7.90. The van der Waals surface area contributed by atoms with Crippen LogP contribution in [-0.2, 0) is 4.79 Å². The first-order chi connectivity index (χ1) is 16.2. The van der Waals surface area contributed by atoms with E-state index in [1.54, 1.807) is 30.6 Å². The summed E-state index contributed by atoms with van der Waals surface area (Å²) in [5.41, 5.74) is 2.19. The Bertz CT molecular complexity index is 1220.